The van der Waals surface area contributed by atoms with Crippen molar-refractivity contribution in [2.24, 2.45) is 4.99 Å². The summed E-state index contributed by atoms with van der Waals surface area (Å²) >= 11 is 0. The second kappa shape index (κ2) is 9.65. The zero-order chi connectivity index (χ0) is 21.6. The van der Waals surface area contributed by atoms with Crippen LogP contribution >= 0.6 is 9.24 Å². The third kappa shape index (κ3) is 4.93. The minimum absolute atomic E-state index is 0.0210. The van der Waals surface area contributed by atoms with Crippen molar-refractivity contribution >= 4 is 27.1 Å². The molecule has 1 atom stereocenters. The number of carbonyl (C=O) groups excluding carboxylic acids is 1. The molecule has 3 rings (SSSR count). The molecule has 0 aromatic carbocycles. The number of aromatic nitrogens is 3. The van der Waals surface area contributed by atoms with Gasteiger partial charge in [0, 0.05) is 36.9 Å². The number of rotatable bonds is 6. The van der Waals surface area contributed by atoms with E-state index < -0.39 is 0 Å². The van der Waals surface area contributed by atoms with Gasteiger partial charge in [0.15, 0.2) is 0 Å². The number of terminal acetylenes is 1. The molecule has 1 aliphatic rings. The lowest BCUT2D eigenvalue weighted by atomic mass is 9.94. The molecule has 2 aromatic heterocycles. The Kier molecular flexibility index (Phi) is 6.97. The second-order valence-electron chi connectivity index (χ2n) is 7.27. The predicted molar refractivity (Wildman–Crippen MR) is 124 cm³/mol. The van der Waals surface area contributed by atoms with Gasteiger partial charge in [0.1, 0.15) is 11.4 Å². The summed E-state index contributed by atoms with van der Waals surface area (Å²) in [6, 6.07) is 5.42. The van der Waals surface area contributed by atoms with Crippen LogP contribution in [0.3, 0.4) is 0 Å². The van der Waals surface area contributed by atoms with Gasteiger partial charge in [0.2, 0.25) is 0 Å². The molecule has 6 nitrogen and oxygen atoms in total. The van der Waals surface area contributed by atoms with Crippen LogP contribution in [0.25, 0.3) is 5.70 Å². The van der Waals surface area contributed by atoms with Gasteiger partial charge < -0.3 is 4.90 Å². The van der Waals surface area contributed by atoms with Crippen molar-refractivity contribution in [3.63, 3.8) is 0 Å². The molecule has 0 spiro atoms. The topological polar surface area (TPSA) is 63.4 Å². The molecule has 0 radical (unpaired) electrons. The highest BCUT2D eigenvalue weighted by Gasteiger charge is 2.33. The molecule has 1 fully saturated rings. The molecule has 2 aromatic rings. The predicted octanol–water partition coefficient (Wildman–Crippen LogP) is 3.43. The number of carbonyl (C=O) groups is 1. The van der Waals surface area contributed by atoms with E-state index >= 15 is 0 Å². The maximum Gasteiger partial charge on any atom is 0.256 e. The minimum atomic E-state index is -0.0277. The van der Waals surface area contributed by atoms with E-state index in [2.05, 4.69) is 36.8 Å². The quantitative estimate of drug-likeness (QED) is 0.312. The summed E-state index contributed by atoms with van der Waals surface area (Å²) in [5.41, 5.74) is 2.38. The molecule has 1 unspecified atom stereocenters. The molecule has 0 bridgehead atoms. The van der Waals surface area contributed by atoms with E-state index in [1.165, 1.54) is 0 Å². The summed E-state index contributed by atoms with van der Waals surface area (Å²) in [7, 11) is 2.97. The second-order valence-corrected chi connectivity index (χ2v) is 8.50. The van der Waals surface area contributed by atoms with E-state index in [9.17, 15) is 4.79 Å². The van der Waals surface area contributed by atoms with Crippen molar-refractivity contribution in [3.05, 3.63) is 66.3 Å². The monoisotopic (exact) mass is 419 g/mol. The average molecular weight is 419 g/mol. The molecule has 3 heterocycles. The number of piperidine rings is 1. The molecular weight excluding hydrogens is 393 g/mol. The Morgan fingerprint density at radius 3 is 2.83 bits per heavy atom. The van der Waals surface area contributed by atoms with Gasteiger partial charge in [-0.15, -0.1) is 15.7 Å². The SMILES string of the molecule is C#Cc1ccn(CC2(P)CCN(C(=O)c3cccnc3/C(=C/C=C)N=CC)CC2)n1. The summed E-state index contributed by atoms with van der Waals surface area (Å²) in [6.45, 7) is 7.64. The highest BCUT2D eigenvalue weighted by molar-refractivity contribution is 7.19. The highest BCUT2D eigenvalue weighted by Crippen LogP contribution is 2.34. The fourth-order valence-corrected chi connectivity index (χ4v) is 3.99. The minimum Gasteiger partial charge on any atom is -0.339 e. The average Bonchev–Trinajstić information content (AvgIpc) is 3.20. The van der Waals surface area contributed by atoms with E-state index in [1.54, 1.807) is 36.7 Å². The van der Waals surface area contributed by atoms with Crippen LogP contribution in [0.2, 0.25) is 0 Å². The Bertz CT molecular complexity index is 1020. The molecule has 30 heavy (non-hydrogen) atoms. The lowest BCUT2D eigenvalue weighted by Crippen LogP contribution is -2.45. The fourth-order valence-electron chi connectivity index (χ4n) is 3.55. The number of likely N-dealkylation sites (tertiary alicyclic amines) is 1. The Hall–Kier alpha value is -3.03. The maximum absolute atomic E-state index is 13.3. The first-order valence-corrected chi connectivity index (χ1v) is 10.4. The van der Waals surface area contributed by atoms with Gasteiger partial charge >= 0.3 is 0 Å². The van der Waals surface area contributed by atoms with E-state index in [-0.39, 0.29) is 11.1 Å². The Labute approximate surface area is 180 Å². The van der Waals surface area contributed by atoms with E-state index in [1.807, 2.05) is 28.8 Å². The van der Waals surface area contributed by atoms with Gasteiger partial charge in [-0.1, -0.05) is 12.7 Å². The van der Waals surface area contributed by atoms with Crippen LogP contribution in [0, 0.1) is 12.3 Å². The molecule has 1 amide bonds. The highest BCUT2D eigenvalue weighted by atomic mass is 31.0. The Balaban J connectivity index is 1.73. The normalized spacial score (nSPS) is 16.4. The van der Waals surface area contributed by atoms with Crippen LogP contribution in [-0.2, 0) is 6.54 Å². The van der Waals surface area contributed by atoms with Crippen LogP contribution in [0.4, 0.5) is 0 Å². The first-order valence-electron chi connectivity index (χ1n) is 9.84. The number of nitrogens with zero attached hydrogens (tertiary/aromatic N) is 5. The van der Waals surface area contributed by atoms with Crippen LogP contribution in [-0.4, -0.2) is 50.0 Å². The molecule has 7 heteroatoms. The van der Waals surface area contributed by atoms with Crippen molar-refractivity contribution in [2.45, 2.75) is 31.5 Å². The standard InChI is InChI=1S/C23H26N5OP/c1-4-8-20(24-6-3)21-19(9-7-13-25-21)22(29)27-15-11-23(30,12-16-27)17-28-14-10-18(5-2)26-28/h2,4,6-10,13-14H,1,11-12,15-17,30H2,3H3/b20-8-,24-6?. The number of aliphatic imine (C=N–C) groups is 1. The van der Waals surface area contributed by atoms with Crippen molar-refractivity contribution in [3.8, 4) is 12.3 Å². The van der Waals surface area contributed by atoms with Gasteiger partial charge in [0.25, 0.3) is 5.91 Å². The van der Waals surface area contributed by atoms with Crippen molar-refractivity contribution in [2.75, 3.05) is 13.1 Å². The summed E-state index contributed by atoms with van der Waals surface area (Å²) in [4.78, 5) is 23.9. The van der Waals surface area contributed by atoms with Gasteiger partial charge in [0.05, 0.1) is 17.8 Å². The summed E-state index contributed by atoms with van der Waals surface area (Å²) in [5.74, 6) is 2.52. The third-order valence-electron chi connectivity index (χ3n) is 5.14. The number of pyridine rings is 1. The van der Waals surface area contributed by atoms with Gasteiger partial charge in [-0.05, 0) is 50.0 Å². The summed E-state index contributed by atoms with van der Waals surface area (Å²) in [5, 5.41) is 4.37. The zero-order valence-electron chi connectivity index (χ0n) is 17.2. The van der Waals surface area contributed by atoms with E-state index in [0.29, 0.717) is 35.7 Å². The molecule has 0 N–H and O–H groups in total. The van der Waals surface area contributed by atoms with Crippen LogP contribution in [0.1, 0.15) is 41.5 Å². The number of amides is 1. The van der Waals surface area contributed by atoms with E-state index in [4.69, 9.17) is 6.42 Å². The molecule has 1 saturated heterocycles. The van der Waals surface area contributed by atoms with Crippen LogP contribution in [0.5, 0.6) is 0 Å². The zero-order valence-corrected chi connectivity index (χ0v) is 18.3. The van der Waals surface area contributed by atoms with E-state index in [0.717, 1.165) is 19.4 Å². The van der Waals surface area contributed by atoms with Gasteiger partial charge in [-0.25, -0.2) is 0 Å². The molecular formula is C23H26N5OP. The largest absolute Gasteiger partial charge is 0.339 e. The fraction of sp³-hybridized carbons (Fsp3) is 0.304. The molecule has 1 aliphatic heterocycles. The number of hydrogen-bond acceptors (Lipinski definition) is 4. The number of hydrogen-bond donors (Lipinski definition) is 0. The summed E-state index contributed by atoms with van der Waals surface area (Å²) < 4.78 is 1.88. The lowest BCUT2D eigenvalue weighted by molar-refractivity contribution is 0.0697. The molecule has 0 saturated carbocycles. The summed E-state index contributed by atoms with van der Waals surface area (Å²) in [6.07, 6.45) is 15.8. The van der Waals surface area contributed by atoms with Crippen molar-refractivity contribution in [1.82, 2.24) is 19.7 Å². The number of allylic oxidation sites excluding steroid dienone is 2. The maximum atomic E-state index is 13.3. The van der Waals surface area contributed by atoms with Crippen LogP contribution < -0.4 is 0 Å². The smallest absolute Gasteiger partial charge is 0.256 e. The van der Waals surface area contributed by atoms with Gasteiger partial charge in [-0.3, -0.25) is 19.5 Å². The molecule has 154 valence electrons. The first kappa shape index (κ1) is 21.7. The van der Waals surface area contributed by atoms with Crippen molar-refractivity contribution in [1.29, 1.82) is 0 Å². The van der Waals surface area contributed by atoms with Crippen molar-refractivity contribution < 1.29 is 4.79 Å². The van der Waals surface area contributed by atoms with Gasteiger partial charge in [-0.2, -0.15) is 5.10 Å². The van der Waals surface area contributed by atoms with Crippen LogP contribution in [0.15, 0.2) is 54.3 Å². The Morgan fingerprint density at radius 2 is 2.20 bits per heavy atom. The third-order valence-corrected chi connectivity index (χ3v) is 5.90. The lowest BCUT2D eigenvalue weighted by Gasteiger charge is -2.39. The Morgan fingerprint density at radius 1 is 1.43 bits per heavy atom. The first-order chi connectivity index (χ1) is 14.5. The molecule has 0 aliphatic carbocycles.